The monoisotopic (exact) mass is 822 g/mol. The van der Waals surface area contributed by atoms with E-state index >= 15 is 0 Å². The van der Waals surface area contributed by atoms with Crippen LogP contribution >= 0.6 is 0 Å². The maximum atomic E-state index is 12.7. The maximum Gasteiger partial charge on any atom is 0.257 e. The van der Waals surface area contributed by atoms with E-state index in [0.717, 1.165) is 62.7 Å². The van der Waals surface area contributed by atoms with Gasteiger partial charge in [-0.1, -0.05) is 129 Å². The van der Waals surface area contributed by atoms with Crippen molar-refractivity contribution in [3.8, 4) is 0 Å². The summed E-state index contributed by atoms with van der Waals surface area (Å²) in [4.78, 5) is 25.4. The van der Waals surface area contributed by atoms with Gasteiger partial charge in [0, 0.05) is 38.1 Å². The molecule has 286 valence electrons. The second-order valence-corrected chi connectivity index (χ2v) is 14.0. The second-order valence-electron chi connectivity index (χ2n) is 14.0. The maximum absolute atomic E-state index is 12.7. The topological polar surface area (TPSA) is 66.0 Å². The van der Waals surface area contributed by atoms with E-state index in [-0.39, 0.29) is 45.8 Å². The van der Waals surface area contributed by atoms with Crippen LogP contribution in [-0.4, -0.2) is 24.9 Å². The first-order valence-corrected chi connectivity index (χ1v) is 20.2. The van der Waals surface area contributed by atoms with Crippen molar-refractivity contribution in [1.29, 1.82) is 0 Å². The molecule has 6 nitrogen and oxygen atoms in total. The molecule has 0 aromatic carbocycles. The Morgan fingerprint density at radius 1 is 0.460 bits per heavy atom. The van der Waals surface area contributed by atoms with Gasteiger partial charge in [0.2, 0.25) is 0 Å². The molecule has 2 amide bonds. The second kappa shape index (κ2) is 34.3. The highest BCUT2D eigenvalue weighted by atomic mass is 79.9. The molecule has 2 heterocycles. The molecule has 0 saturated heterocycles. The molecule has 8 heteroatoms. The molecule has 50 heavy (non-hydrogen) atoms. The molecule has 0 saturated carbocycles. The fourth-order valence-electron chi connectivity index (χ4n) is 6.37. The molecule has 0 radical (unpaired) electrons. The molecule has 0 unspecified atom stereocenters. The van der Waals surface area contributed by atoms with Crippen LogP contribution in [0.25, 0.3) is 0 Å². The van der Waals surface area contributed by atoms with E-state index in [1.165, 1.54) is 116 Å². The predicted molar refractivity (Wildman–Crippen MR) is 200 cm³/mol. The molecule has 2 N–H and O–H groups in total. The Balaban J connectivity index is 0.0000120. The summed E-state index contributed by atoms with van der Waals surface area (Å²) in [5.41, 5.74) is 1.47. The third kappa shape index (κ3) is 25.2. The van der Waals surface area contributed by atoms with E-state index in [0.29, 0.717) is 13.1 Å². The standard InChI is InChI=1S/C42H70N4O2.2BrH/c1-3-5-7-9-11-13-15-17-21-25-33-45-35-27-29-39(37-45)41(47)43-31-23-19-20-24-32-44-42(48)40-30-28-36-46(38-40)34-26-22-18-16-14-12-10-8-6-4-2;;/h27-30,35-38H,3-26,31-34H2,1-2H3;2*1H. The van der Waals surface area contributed by atoms with Gasteiger partial charge >= 0.3 is 0 Å². The molecular weight excluding hydrogens is 752 g/mol. The van der Waals surface area contributed by atoms with Gasteiger partial charge in [0.15, 0.2) is 24.8 Å². The summed E-state index contributed by atoms with van der Waals surface area (Å²) >= 11 is 0. The van der Waals surface area contributed by atoms with Gasteiger partial charge in [-0.2, -0.15) is 0 Å². The molecular formula is C42H72Br2N4O2. The number of carbonyl (C=O) groups excluding carboxylic acids is 2. The molecule has 2 rings (SSSR count). The number of rotatable bonds is 31. The summed E-state index contributed by atoms with van der Waals surface area (Å²) in [5.74, 6) is 0.0147. The van der Waals surface area contributed by atoms with Crippen LogP contribution in [-0.2, 0) is 13.1 Å². The number of amides is 2. The highest BCUT2D eigenvalue weighted by molar-refractivity contribution is 5.94. The van der Waals surface area contributed by atoms with Gasteiger partial charge in [-0.25, -0.2) is 9.13 Å². The predicted octanol–water partition coefficient (Wildman–Crippen LogP) is 3.83. The summed E-state index contributed by atoms with van der Waals surface area (Å²) in [7, 11) is 0. The number of nitrogens with one attached hydrogen (secondary N) is 2. The van der Waals surface area contributed by atoms with E-state index in [9.17, 15) is 9.59 Å². The van der Waals surface area contributed by atoms with Gasteiger partial charge < -0.3 is 44.6 Å². The van der Waals surface area contributed by atoms with Crippen molar-refractivity contribution in [3.05, 3.63) is 60.2 Å². The summed E-state index contributed by atoms with van der Waals surface area (Å²) in [6.45, 7) is 7.85. The van der Waals surface area contributed by atoms with Crippen molar-refractivity contribution in [1.82, 2.24) is 10.6 Å². The molecule has 0 aliphatic heterocycles. The van der Waals surface area contributed by atoms with Crippen molar-refractivity contribution in [2.24, 2.45) is 0 Å². The number of aryl methyl sites for hydroxylation is 2. The minimum Gasteiger partial charge on any atom is -1.00 e. The van der Waals surface area contributed by atoms with Crippen LogP contribution in [0.15, 0.2) is 49.1 Å². The van der Waals surface area contributed by atoms with E-state index in [2.05, 4.69) is 46.0 Å². The van der Waals surface area contributed by atoms with Crippen molar-refractivity contribution < 1.29 is 52.7 Å². The summed E-state index contributed by atoms with van der Waals surface area (Å²) < 4.78 is 4.31. The Morgan fingerprint density at radius 3 is 1.10 bits per heavy atom. The minimum absolute atomic E-state index is 0. The first-order valence-electron chi connectivity index (χ1n) is 20.2. The number of carbonyl (C=O) groups is 2. The third-order valence-electron chi connectivity index (χ3n) is 9.46. The van der Waals surface area contributed by atoms with Crippen LogP contribution in [0.5, 0.6) is 0 Å². The summed E-state index contributed by atoms with van der Waals surface area (Å²) in [5, 5.41) is 6.16. The lowest BCUT2D eigenvalue weighted by Crippen LogP contribution is -3.00. The quantitative estimate of drug-likeness (QED) is 0.0899. The van der Waals surface area contributed by atoms with Crippen molar-refractivity contribution >= 4 is 11.8 Å². The Hall–Kier alpha value is -1.80. The zero-order valence-corrected chi connectivity index (χ0v) is 35.1. The fourth-order valence-corrected chi connectivity index (χ4v) is 6.37. The van der Waals surface area contributed by atoms with Crippen LogP contribution in [0.3, 0.4) is 0 Å². The number of halogens is 2. The molecule has 2 aromatic rings. The zero-order valence-electron chi connectivity index (χ0n) is 31.9. The molecule has 0 spiro atoms. The first-order chi connectivity index (χ1) is 23.6. The van der Waals surface area contributed by atoms with Gasteiger partial charge in [0.05, 0.1) is 0 Å². The number of unbranched alkanes of at least 4 members (excludes halogenated alkanes) is 21. The van der Waals surface area contributed by atoms with Crippen molar-refractivity contribution in [2.45, 2.75) is 181 Å². The molecule has 0 aliphatic carbocycles. The van der Waals surface area contributed by atoms with Crippen LogP contribution in [0.2, 0.25) is 0 Å². The molecule has 0 aliphatic rings. The Morgan fingerprint density at radius 2 is 0.760 bits per heavy atom. The Labute approximate surface area is 327 Å². The lowest BCUT2D eigenvalue weighted by atomic mass is 10.1. The molecule has 0 bridgehead atoms. The number of pyridine rings is 2. The first kappa shape index (κ1) is 48.2. The average molecular weight is 825 g/mol. The largest absolute Gasteiger partial charge is 1.00 e. The van der Waals surface area contributed by atoms with Gasteiger partial charge in [-0.05, 0) is 37.8 Å². The van der Waals surface area contributed by atoms with E-state index < -0.39 is 0 Å². The SMILES string of the molecule is CCCCCCCCCCCC[n+]1cccc(C(=O)NCCCCCCNC(=O)c2ccc[n+](CCCCCCCCCCCC)c2)c1.[Br-].[Br-]. The van der Waals surface area contributed by atoms with Crippen LogP contribution in [0.1, 0.15) is 189 Å². The Kier molecular flexibility index (Phi) is 33.1. The van der Waals surface area contributed by atoms with E-state index in [1.807, 2.05) is 36.7 Å². The van der Waals surface area contributed by atoms with Gasteiger partial charge in [-0.3, -0.25) is 9.59 Å². The highest BCUT2D eigenvalue weighted by Gasteiger charge is 2.11. The fraction of sp³-hybridized carbons (Fsp3) is 0.714. The smallest absolute Gasteiger partial charge is 0.257 e. The van der Waals surface area contributed by atoms with Crippen molar-refractivity contribution in [3.63, 3.8) is 0 Å². The van der Waals surface area contributed by atoms with E-state index in [4.69, 9.17) is 0 Å². The van der Waals surface area contributed by atoms with Crippen LogP contribution < -0.4 is 53.7 Å². The Bertz CT molecular complexity index is 1020. The summed E-state index contributed by atoms with van der Waals surface area (Å²) in [6, 6.07) is 7.76. The minimum atomic E-state index is 0. The number of nitrogens with zero attached hydrogens (tertiary/aromatic N) is 2. The van der Waals surface area contributed by atoms with Crippen LogP contribution in [0, 0.1) is 0 Å². The zero-order chi connectivity index (χ0) is 34.3. The average Bonchev–Trinajstić information content (AvgIpc) is 3.11. The van der Waals surface area contributed by atoms with Crippen molar-refractivity contribution in [2.75, 3.05) is 13.1 Å². The molecule has 0 atom stereocenters. The number of hydrogen-bond donors (Lipinski definition) is 2. The van der Waals surface area contributed by atoms with Gasteiger partial charge in [-0.15, -0.1) is 0 Å². The normalized spacial score (nSPS) is 10.7. The lowest BCUT2D eigenvalue weighted by Gasteiger charge is -2.07. The third-order valence-corrected chi connectivity index (χ3v) is 9.46. The summed E-state index contributed by atoms with van der Waals surface area (Å²) in [6.07, 6.45) is 38.7. The lowest BCUT2D eigenvalue weighted by molar-refractivity contribution is -0.697. The van der Waals surface area contributed by atoms with Gasteiger partial charge in [0.1, 0.15) is 24.2 Å². The number of hydrogen-bond acceptors (Lipinski definition) is 2. The highest BCUT2D eigenvalue weighted by Crippen LogP contribution is 2.12. The molecule has 0 fully saturated rings. The van der Waals surface area contributed by atoms with E-state index in [1.54, 1.807) is 0 Å². The van der Waals surface area contributed by atoms with Crippen LogP contribution in [0.4, 0.5) is 0 Å². The van der Waals surface area contributed by atoms with Gasteiger partial charge in [0.25, 0.3) is 11.8 Å². The number of aromatic nitrogens is 2. The molecule has 2 aromatic heterocycles.